The van der Waals surface area contributed by atoms with E-state index in [0.717, 1.165) is 11.1 Å². The number of ketones is 1. The zero-order chi connectivity index (χ0) is 23.6. The molecule has 0 aliphatic carbocycles. The summed E-state index contributed by atoms with van der Waals surface area (Å²) >= 11 is 0. The SMILES string of the molecule is COP(=O)(CC(=O)/C=C/CCCC(NS(=O)(=O)c1ccc(C)cc1)c1ccccc1)OC. The highest BCUT2D eigenvalue weighted by Gasteiger charge is 2.24. The highest BCUT2D eigenvalue weighted by Crippen LogP contribution is 2.46. The predicted octanol–water partition coefficient (Wildman–Crippen LogP) is 4.80. The summed E-state index contributed by atoms with van der Waals surface area (Å²) in [6.45, 7) is 1.90. The van der Waals surface area contributed by atoms with Gasteiger partial charge in [0.1, 0.15) is 6.16 Å². The Hall–Kier alpha value is -2.09. The van der Waals surface area contributed by atoms with E-state index in [4.69, 9.17) is 9.05 Å². The van der Waals surface area contributed by atoms with Gasteiger partial charge in [0.25, 0.3) is 0 Å². The molecule has 0 saturated carbocycles. The van der Waals surface area contributed by atoms with E-state index in [1.807, 2.05) is 37.3 Å². The van der Waals surface area contributed by atoms with Crippen molar-refractivity contribution in [2.75, 3.05) is 20.4 Å². The van der Waals surface area contributed by atoms with Crippen LogP contribution in [-0.4, -0.2) is 34.6 Å². The first-order valence-electron chi connectivity index (χ1n) is 10.2. The Balaban J connectivity index is 2.01. The number of carbonyl (C=O) groups excluding carboxylic acids is 1. The maximum Gasteiger partial charge on any atom is 0.337 e. The lowest BCUT2D eigenvalue weighted by Gasteiger charge is -2.19. The molecule has 9 heteroatoms. The van der Waals surface area contributed by atoms with Gasteiger partial charge in [-0.05, 0) is 50.0 Å². The highest BCUT2D eigenvalue weighted by atomic mass is 32.2. The Kier molecular flexibility index (Phi) is 10.0. The summed E-state index contributed by atoms with van der Waals surface area (Å²) in [5, 5.41) is 0. The van der Waals surface area contributed by atoms with Crippen LogP contribution in [0, 0.1) is 6.92 Å². The molecule has 1 unspecified atom stereocenters. The molecule has 2 aromatic carbocycles. The molecule has 2 rings (SSSR count). The third-order valence-electron chi connectivity index (χ3n) is 4.90. The van der Waals surface area contributed by atoms with Crippen molar-refractivity contribution in [2.24, 2.45) is 0 Å². The molecule has 2 aromatic rings. The minimum Gasteiger partial charge on any atom is -0.312 e. The number of allylic oxidation sites excluding steroid dienone is 2. The Bertz CT molecular complexity index is 1040. The lowest BCUT2D eigenvalue weighted by molar-refractivity contribution is -0.112. The molecule has 0 aliphatic heterocycles. The third-order valence-corrected chi connectivity index (χ3v) is 8.20. The molecule has 0 amide bonds. The third kappa shape index (κ3) is 8.11. The van der Waals surface area contributed by atoms with E-state index in [9.17, 15) is 17.8 Å². The summed E-state index contributed by atoms with van der Waals surface area (Å²) < 4.78 is 50.1. The van der Waals surface area contributed by atoms with Crippen molar-refractivity contribution in [3.8, 4) is 0 Å². The summed E-state index contributed by atoms with van der Waals surface area (Å²) in [4.78, 5) is 12.2. The largest absolute Gasteiger partial charge is 0.337 e. The fraction of sp³-hybridized carbons (Fsp3) is 0.348. The second-order valence-corrected chi connectivity index (χ2v) is 11.3. The van der Waals surface area contributed by atoms with Gasteiger partial charge in [-0.15, -0.1) is 0 Å². The molecule has 0 radical (unpaired) electrons. The Morgan fingerprint density at radius 3 is 2.28 bits per heavy atom. The van der Waals surface area contributed by atoms with E-state index in [1.165, 1.54) is 20.3 Å². The van der Waals surface area contributed by atoms with Crippen molar-refractivity contribution in [1.82, 2.24) is 4.72 Å². The number of benzene rings is 2. The smallest absolute Gasteiger partial charge is 0.312 e. The van der Waals surface area contributed by atoms with Gasteiger partial charge in [0, 0.05) is 20.3 Å². The van der Waals surface area contributed by atoms with Crippen LogP contribution in [0.3, 0.4) is 0 Å². The first kappa shape index (κ1) is 26.2. The number of hydrogen-bond acceptors (Lipinski definition) is 6. The quantitative estimate of drug-likeness (QED) is 0.252. The van der Waals surface area contributed by atoms with Gasteiger partial charge >= 0.3 is 7.60 Å². The molecule has 174 valence electrons. The van der Waals surface area contributed by atoms with Gasteiger partial charge in [0.05, 0.1) is 4.90 Å². The van der Waals surface area contributed by atoms with Gasteiger partial charge in [-0.25, -0.2) is 13.1 Å². The Morgan fingerprint density at radius 1 is 1.06 bits per heavy atom. The van der Waals surface area contributed by atoms with Crippen LogP contribution in [0.1, 0.15) is 36.4 Å². The van der Waals surface area contributed by atoms with Crippen molar-refractivity contribution < 1.29 is 26.8 Å². The molecule has 0 spiro atoms. The zero-order valence-electron chi connectivity index (χ0n) is 18.6. The summed E-state index contributed by atoms with van der Waals surface area (Å²) in [6, 6.07) is 15.7. The van der Waals surface area contributed by atoms with Crippen LogP contribution in [0.15, 0.2) is 71.6 Å². The standard InChI is InChI=1S/C23H30NO6PS/c1-19-14-16-22(17-15-19)32(27,28)24-23(20-10-6-4-7-11-20)13-9-5-8-12-21(25)18-31(26,29-2)30-3/h4,6-8,10-12,14-17,23-24H,5,9,13,18H2,1-3H3/b12-8+. The first-order valence-corrected chi connectivity index (χ1v) is 13.4. The Labute approximate surface area is 190 Å². The van der Waals surface area contributed by atoms with Gasteiger partial charge in [0.2, 0.25) is 10.0 Å². The van der Waals surface area contributed by atoms with Gasteiger partial charge < -0.3 is 9.05 Å². The summed E-state index contributed by atoms with van der Waals surface area (Å²) in [5.41, 5.74) is 1.85. The molecule has 0 bridgehead atoms. The number of aryl methyl sites for hydroxylation is 1. The van der Waals surface area contributed by atoms with E-state index in [-0.39, 0.29) is 16.8 Å². The molecule has 0 aliphatic rings. The van der Waals surface area contributed by atoms with Crippen molar-refractivity contribution >= 4 is 23.4 Å². The van der Waals surface area contributed by atoms with Gasteiger partial charge in [-0.3, -0.25) is 9.36 Å². The van der Waals surface area contributed by atoms with Crippen LogP contribution in [0.25, 0.3) is 0 Å². The number of sulfonamides is 1. The van der Waals surface area contributed by atoms with E-state index >= 15 is 0 Å². The first-order chi connectivity index (χ1) is 15.2. The van der Waals surface area contributed by atoms with E-state index < -0.39 is 23.7 Å². The predicted molar refractivity (Wildman–Crippen MR) is 125 cm³/mol. The van der Waals surface area contributed by atoms with Crippen LogP contribution in [-0.2, 0) is 28.4 Å². The second-order valence-electron chi connectivity index (χ2n) is 7.33. The molecule has 32 heavy (non-hydrogen) atoms. The van der Waals surface area contributed by atoms with Gasteiger partial charge in [0.15, 0.2) is 5.78 Å². The van der Waals surface area contributed by atoms with Crippen LogP contribution < -0.4 is 4.72 Å². The van der Waals surface area contributed by atoms with E-state index in [2.05, 4.69) is 4.72 Å². The van der Waals surface area contributed by atoms with Crippen molar-refractivity contribution in [3.05, 3.63) is 77.9 Å². The van der Waals surface area contributed by atoms with Gasteiger partial charge in [-0.1, -0.05) is 54.1 Å². The van der Waals surface area contributed by atoms with Crippen LogP contribution in [0.4, 0.5) is 0 Å². The minimum absolute atomic E-state index is 0.218. The van der Waals surface area contributed by atoms with Crippen molar-refractivity contribution in [1.29, 1.82) is 0 Å². The van der Waals surface area contributed by atoms with E-state index in [1.54, 1.807) is 30.3 Å². The number of nitrogens with one attached hydrogen (secondary N) is 1. The highest BCUT2D eigenvalue weighted by molar-refractivity contribution is 7.89. The van der Waals surface area contributed by atoms with Gasteiger partial charge in [-0.2, -0.15) is 0 Å². The molecule has 0 saturated heterocycles. The topological polar surface area (TPSA) is 98.8 Å². The van der Waals surface area contributed by atoms with E-state index in [0.29, 0.717) is 19.3 Å². The van der Waals surface area contributed by atoms with Crippen molar-refractivity contribution in [2.45, 2.75) is 37.1 Å². The molecule has 0 heterocycles. The molecule has 7 nitrogen and oxygen atoms in total. The number of unbranched alkanes of at least 4 members (excludes halogenated alkanes) is 1. The number of carbonyl (C=O) groups is 1. The fourth-order valence-corrected chi connectivity index (χ4v) is 5.21. The maximum atomic E-state index is 12.9. The van der Waals surface area contributed by atoms with Crippen LogP contribution >= 0.6 is 7.60 Å². The van der Waals surface area contributed by atoms with Crippen LogP contribution in [0.2, 0.25) is 0 Å². The molecule has 0 fully saturated rings. The Morgan fingerprint density at radius 2 is 1.69 bits per heavy atom. The number of hydrogen-bond donors (Lipinski definition) is 1. The van der Waals surface area contributed by atoms with Crippen LogP contribution in [0.5, 0.6) is 0 Å². The molecular weight excluding hydrogens is 449 g/mol. The average Bonchev–Trinajstić information content (AvgIpc) is 2.78. The maximum absolute atomic E-state index is 12.9. The second kappa shape index (κ2) is 12.2. The number of rotatable bonds is 13. The average molecular weight is 480 g/mol. The molecule has 1 N–H and O–H groups in total. The summed E-state index contributed by atoms with van der Waals surface area (Å²) in [7, 11) is -4.59. The normalized spacial score (nSPS) is 13.3. The summed E-state index contributed by atoms with van der Waals surface area (Å²) in [5.74, 6) is -0.350. The monoisotopic (exact) mass is 479 g/mol. The molecule has 0 aromatic heterocycles. The lowest BCUT2D eigenvalue weighted by Crippen LogP contribution is -2.28. The molecule has 1 atom stereocenters. The minimum atomic E-state index is -3.69. The fourth-order valence-electron chi connectivity index (χ4n) is 3.05. The van der Waals surface area contributed by atoms with Crippen molar-refractivity contribution in [3.63, 3.8) is 0 Å². The summed E-state index contributed by atoms with van der Waals surface area (Å²) in [6.07, 6.45) is 4.48. The zero-order valence-corrected chi connectivity index (χ0v) is 20.3. The molecular formula is C23H30NO6PS. The lowest BCUT2D eigenvalue weighted by atomic mass is 10.0.